The van der Waals surface area contributed by atoms with E-state index in [2.05, 4.69) is 10.1 Å². The fraction of sp³-hybridized carbons (Fsp3) is 0.417. The second kappa shape index (κ2) is 5.18. The van der Waals surface area contributed by atoms with Crippen LogP contribution in [0.4, 0.5) is 28.9 Å². The lowest BCUT2D eigenvalue weighted by atomic mass is 10.0. The molecular formula is C12H12F4N2O2. The lowest BCUT2D eigenvalue weighted by Gasteiger charge is -2.21. The Bertz CT molecular complexity index is 534. The first-order chi connectivity index (χ1) is 9.29. The molecule has 1 aromatic carbocycles. The minimum atomic E-state index is -4.24. The van der Waals surface area contributed by atoms with Crippen molar-refractivity contribution in [1.29, 1.82) is 0 Å². The molecule has 0 fully saturated rings. The minimum absolute atomic E-state index is 0.00369. The zero-order valence-electron chi connectivity index (χ0n) is 10.3. The molecule has 0 unspecified atom stereocenters. The molecule has 0 aromatic heterocycles. The molecule has 1 aromatic rings. The van der Waals surface area contributed by atoms with Crippen molar-refractivity contribution in [3.8, 4) is 5.75 Å². The number of hydrogen-bond donors (Lipinski definition) is 2. The van der Waals surface area contributed by atoms with E-state index in [0.29, 0.717) is 17.7 Å². The summed E-state index contributed by atoms with van der Waals surface area (Å²) in [5, 5.41) is 2.58. The molecule has 0 saturated heterocycles. The number of hydrogen-bond acceptors (Lipinski definition) is 3. The van der Waals surface area contributed by atoms with Crippen LogP contribution in [0.2, 0.25) is 0 Å². The zero-order valence-corrected chi connectivity index (χ0v) is 10.3. The lowest BCUT2D eigenvalue weighted by Crippen LogP contribution is -2.34. The van der Waals surface area contributed by atoms with Gasteiger partial charge in [-0.1, -0.05) is 0 Å². The Morgan fingerprint density at radius 3 is 2.70 bits per heavy atom. The van der Waals surface area contributed by atoms with Crippen LogP contribution in [0.5, 0.6) is 5.75 Å². The summed E-state index contributed by atoms with van der Waals surface area (Å²) < 4.78 is 54.3. The van der Waals surface area contributed by atoms with Gasteiger partial charge in [-0.25, -0.2) is 8.78 Å². The van der Waals surface area contributed by atoms with Crippen molar-refractivity contribution in [3.63, 3.8) is 0 Å². The van der Waals surface area contributed by atoms with E-state index in [1.54, 1.807) is 0 Å². The van der Waals surface area contributed by atoms with Gasteiger partial charge in [-0.3, -0.25) is 4.79 Å². The summed E-state index contributed by atoms with van der Waals surface area (Å²) >= 11 is 0. The van der Waals surface area contributed by atoms with Gasteiger partial charge in [0.1, 0.15) is 5.75 Å². The van der Waals surface area contributed by atoms with Crippen molar-refractivity contribution >= 4 is 17.3 Å². The number of halogens is 4. The van der Waals surface area contributed by atoms with Gasteiger partial charge in [-0.2, -0.15) is 8.78 Å². The highest BCUT2D eigenvalue weighted by Gasteiger charge is 2.41. The summed E-state index contributed by atoms with van der Waals surface area (Å²) in [4.78, 5) is 11.2. The van der Waals surface area contributed by atoms with Gasteiger partial charge < -0.3 is 15.8 Å². The van der Waals surface area contributed by atoms with Gasteiger partial charge in [-0.15, -0.1) is 0 Å². The van der Waals surface area contributed by atoms with Crippen LogP contribution in [0.1, 0.15) is 12.0 Å². The van der Waals surface area contributed by atoms with Crippen LogP contribution in [-0.2, 0) is 11.2 Å². The molecule has 2 rings (SSSR count). The normalized spacial score (nSPS) is 14.9. The highest BCUT2D eigenvalue weighted by Crippen LogP contribution is 2.33. The predicted molar refractivity (Wildman–Crippen MR) is 64.3 cm³/mol. The third-order valence-corrected chi connectivity index (χ3v) is 2.87. The molecule has 110 valence electrons. The number of carbonyl (C=O) groups excluding carboxylic acids is 1. The van der Waals surface area contributed by atoms with Crippen molar-refractivity contribution in [2.24, 2.45) is 0 Å². The van der Waals surface area contributed by atoms with Crippen LogP contribution in [-0.4, -0.2) is 24.9 Å². The monoisotopic (exact) mass is 292 g/mol. The molecule has 8 heteroatoms. The first kappa shape index (κ1) is 14.4. The molecule has 1 aliphatic rings. The molecule has 1 aliphatic heterocycles. The van der Waals surface area contributed by atoms with Gasteiger partial charge in [0.15, 0.2) is 6.61 Å². The van der Waals surface area contributed by atoms with Crippen molar-refractivity contribution in [3.05, 3.63) is 17.7 Å². The zero-order chi connectivity index (χ0) is 14.9. The topological polar surface area (TPSA) is 64.3 Å². The first-order valence-electron chi connectivity index (χ1n) is 5.80. The maximum atomic E-state index is 12.8. The summed E-state index contributed by atoms with van der Waals surface area (Å²) in [6.45, 7) is -1.46. The van der Waals surface area contributed by atoms with E-state index < -0.39 is 19.0 Å². The van der Waals surface area contributed by atoms with E-state index in [4.69, 9.17) is 5.73 Å². The van der Waals surface area contributed by atoms with Crippen molar-refractivity contribution < 1.29 is 27.1 Å². The van der Waals surface area contributed by atoms with Gasteiger partial charge >= 0.3 is 12.3 Å². The van der Waals surface area contributed by atoms with Crippen LogP contribution >= 0.6 is 0 Å². The predicted octanol–water partition coefficient (Wildman–Crippen LogP) is 2.43. The van der Waals surface area contributed by atoms with Crippen LogP contribution in [0.25, 0.3) is 0 Å². The first-order valence-corrected chi connectivity index (χ1v) is 5.80. The van der Waals surface area contributed by atoms with E-state index in [9.17, 15) is 22.4 Å². The van der Waals surface area contributed by atoms with E-state index >= 15 is 0 Å². The van der Waals surface area contributed by atoms with E-state index in [1.165, 1.54) is 12.1 Å². The maximum absolute atomic E-state index is 12.8. The summed E-state index contributed by atoms with van der Waals surface area (Å²) in [6.07, 6.45) is -3.15. The highest BCUT2D eigenvalue weighted by atomic mass is 19.3. The SMILES string of the molecule is Nc1cc2c(cc1OCC(F)(F)C(F)F)CCC(=O)N2. The number of carbonyl (C=O) groups is 1. The van der Waals surface area contributed by atoms with E-state index in [-0.39, 0.29) is 23.8 Å². The summed E-state index contributed by atoms with van der Waals surface area (Å²) in [6, 6.07) is 2.74. The molecule has 20 heavy (non-hydrogen) atoms. The largest absolute Gasteiger partial charge is 0.485 e. The molecular weight excluding hydrogens is 280 g/mol. The number of rotatable bonds is 4. The Morgan fingerprint density at radius 1 is 1.35 bits per heavy atom. The number of benzene rings is 1. The molecule has 1 amide bonds. The quantitative estimate of drug-likeness (QED) is 0.661. The van der Waals surface area contributed by atoms with Crippen LogP contribution in [0, 0.1) is 0 Å². The van der Waals surface area contributed by atoms with Gasteiger partial charge in [0.05, 0.1) is 5.69 Å². The molecule has 0 spiro atoms. The van der Waals surface area contributed by atoms with E-state index in [0.717, 1.165) is 0 Å². The Hall–Kier alpha value is -1.99. The van der Waals surface area contributed by atoms with Gasteiger partial charge in [0, 0.05) is 12.1 Å². The minimum Gasteiger partial charge on any atom is -0.485 e. The Labute approximate surface area is 111 Å². The van der Waals surface area contributed by atoms with Gasteiger partial charge in [-0.05, 0) is 24.1 Å². The highest BCUT2D eigenvalue weighted by molar-refractivity contribution is 5.94. The van der Waals surface area contributed by atoms with Crippen molar-refractivity contribution in [2.45, 2.75) is 25.2 Å². The Balaban J connectivity index is 2.16. The number of nitrogens with one attached hydrogen (secondary N) is 1. The average Bonchev–Trinajstić information content (AvgIpc) is 2.36. The maximum Gasteiger partial charge on any atom is 0.340 e. The van der Waals surface area contributed by atoms with Crippen LogP contribution in [0.3, 0.4) is 0 Å². The van der Waals surface area contributed by atoms with Crippen molar-refractivity contribution in [1.82, 2.24) is 0 Å². The fourth-order valence-corrected chi connectivity index (χ4v) is 1.78. The fourth-order valence-electron chi connectivity index (χ4n) is 1.78. The standard InChI is InChI=1S/C12H12F4N2O2/c13-11(14)12(15,16)5-20-9-3-6-1-2-10(19)18-8(6)4-7(9)17/h3-4,11H,1-2,5,17H2,(H,18,19). The summed E-state index contributed by atoms with van der Waals surface area (Å²) in [5.74, 6) is -4.51. The number of nitrogens with two attached hydrogens (primary N) is 1. The smallest absolute Gasteiger partial charge is 0.340 e. The molecule has 0 bridgehead atoms. The molecule has 3 N–H and O–H groups in total. The molecule has 0 saturated carbocycles. The number of ether oxygens (including phenoxy) is 1. The number of aryl methyl sites for hydroxylation is 1. The Kier molecular flexibility index (Phi) is 3.74. The van der Waals surface area contributed by atoms with Crippen LogP contribution < -0.4 is 15.8 Å². The second-order valence-corrected chi connectivity index (χ2v) is 4.45. The average molecular weight is 292 g/mol. The molecule has 0 atom stereocenters. The summed E-state index contributed by atoms with van der Waals surface area (Å²) in [7, 11) is 0. The lowest BCUT2D eigenvalue weighted by molar-refractivity contribution is -0.148. The third-order valence-electron chi connectivity index (χ3n) is 2.87. The third kappa shape index (κ3) is 2.94. The number of anilines is 2. The molecule has 1 heterocycles. The number of nitrogen functional groups attached to an aromatic ring is 1. The second-order valence-electron chi connectivity index (χ2n) is 4.45. The molecule has 4 nitrogen and oxygen atoms in total. The number of alkyl halides is 4. The number of amides is 1. The Morgan fingerprint density at radius 2 is 2.05 bits per heavy atom. The summed E-state index contributed by atoms with van der Waals surface area (Å²) in [5.41, 5.74) is 6.72. The molecule has 0 aliphatic carbocycles. The number of fused-ring (bicyclic) bond motifs is 1. The van der Waals surface area contributed by atoms with Gasteiger partial charge in [0.25, 0.3) is 0 Å². The van der Waals surface area contributed by atoms with Gasteiger partial charge in [0.2, 0.25) is 5.91 Å². The van der Waals surface area contributed by atoms with Crippen molar-refractivity contribution in [2.75, 3.05) is 17.7 Å². The molecule has 0 radical (unpaired) electrons. The van der Waals surface area contributed by atoms with Crippen LogP contribution in [0.15, 0.2) is 12.1 Å². The van der Waals surface area contributed by atoms with E-state index in [1.807, 2.05) is 0 Å².